The number of hydrogen-bond donors (Lipinski definition) is 2. The van der Waals surface area contributed by atoms with E-state index in [2.05, 4.69) is 4.72 Å². The Morgan fingerprint density at radius 3 is 2.35 bits per heavy atom. The molecular formula is C14H20FNO3S. The molecule has 6 heteroatoms. The summed E-state index contributed by atoms with van der Waals surface area (Å²) in [5.74, 6) is -0.125. The van der Waals surface area contributed by atoms with Crippen LogP contribution in [0.25, 0.3) is 0 Å². The molecule has 1 aromatic carbocycles. The topological polar surface area (TPSA) is 66.4 Å². The van der Waals surface area contributed by atoms with E-state index in [9.17, 15) is 17.9 Å². The minimum Gasteiger partial charge on any atom is -0.396 e. The predicted molar refractivity (Wildman–Crippen MR) is 74.1 cm³/mol. The molecule has 2 rings (SSSR count). The lowest BCUT2D eigenvalue weighted by Crippen LogP contribution is -2.35. The van der Waals surface area contributed by atoms with Crippen LogP contribution in [0.3, 0.4) is 0 Å². The summed E-state index contributed by atoms with van der Waals surface area (Å²) in [6.45, 7) is 0.424. The first kappa shape index (κ1) is 15.4. The Morgan fingerprint density at radius 2 is 1.75 bits per heavy atom. The van der Waals surface area contributed by atoms with E-state index in [-0.39, 0.29) is 23.3 Å². The van der Waals surface area contributed by atoms with Gasteiger partial charge in [0.1, 0.15) is 5.82 Å². The van der Waals surface area contributed by atoms with E-state index in [1.54, 1.807) is 0 Å². The minimum absolute atomic E-state index is 0.0651. The lowest BCUT2D eigenvalue weighted by Gasteiger charge is -2.30. The van der Waals surface area contributed by atoms with Gasteiger partial charge in [0.2, 0.25) is 10.0 Å². The van der Waals surface area contributed by atoms with Crippen LogP contribution >= 0.6 is 0 Å². The van der Waals surface area contributed by atoms with Crippen molar-refractivity contribution in [3.05, 3.63) is 30.1 Å². The minimum atomic E-state index is -3.61. The molecule has 0 aliphatic heterocycles. The highest BCUT2D eigenvalue weighted by Crippen LogP contribution is 2.29. The first-order valence-corrected chi connectivity index (χ1v) is 8.37. The fraction of sp³-hybridized carbons (Fsp3) is 0.571. The van der Waals surface area contributed by atoms with Crippen molar-refractivity contribution < 1.29 is 17.9 Å². The van der Waals surface area contributed by atoms with Gasteiger partial charge in [-0.25, -0.2) is 17.5 Å². The zero-order valence-electron chi connectivity index (χ0n) is 11.3. The Labute approximate surface area is 119 Å². The summed E-state index contributed by atoms with van der Waals surface area (Å²) in [6, 6.07) is 4.77. The zero-order valence-corrected chi connectivity index (χ0v) is 12.1. The maximum atomic E-state index is 12.8. The number of aliphatic hydroxyl groups excluding tert-OH is 1. The Morgan fingerprint density at radius 1 is 1.15 bits per heavy atom. The van der Waals surface area contributed by atoms with Crippen molar-refractivity contribution in [1.29, 1.82) is 0 Å². The van der Waals surface area contributed by atoms with Gasteiger partial charge in [-0.3, -0.25) is 0 Å². The van der Waals surface area contributed by atoms with Gasteiger partial charge in [-0.1, -0.05) is 12.8 Å². The molecule has 0 spiro atoms. The molecule has 0 amide bonds. The molecule has 4 nitrogen and oxygen atoms in total. The largest absolute Gasteiger partial charge is 0.396 e. The van der Waals surface area contributed by atoms with E-state index in [1.807, 2.05) is 0 Å². The second-order valence-electron chi connectivity index (χ2n) is 5.29. The van der Waals surface area contributed by atoms with E-state index in [0.717, 1.165) is 37.8 Å². The van der Waals surface area contributed by atoms with Crippen molar-refractivity contribution >= 4 is 10.0 Å². The SMILES string of the molecule is O=S(=O)(NCC1CCCCC1CO)c1ccc(F)cc1. The Kier molecular flexibility index (Phi) is 5.12. The standard InChI is InChI=1S/C14H20FNO3S/c15-13-5-7-14(8-6-13)20(18,19)16-9-11-3-1-2-4-12(11)10-17/h5-8,11-12,16-17H,1-4,9-10H2. The van der Waals surface area contributed by atoms with Crippen LogP contribution in [0.1, 0.15) is 25.7 Å². The molecule has 1 fully saturated rings. The highest BCUT2D eigenvalue weighted by molar-refractivity contribution is 7.89. The highest BCUT2D eigenvalue weighted by Gasteiger charge is 2.26. The Bertz CT molecular complexity index is 530. The molecule has 2 atom stereocenters. The van der Waals surface area contributed by atoms with E-state index >= 15 is 0 Å². The van der Waals surface area contributed by atoms with Crippen molar-refractivity contribution in [3.63, 3.8) is 0 Å². The van der Waals surface area contributed by atoms with Gasteiger partial charge < -0.3 is 5.11 Å². The van der Waals surface area contributed by atoms with Crippen LogP contribution in [0, 0.1) is 17.7 Å². The van der Waals surface area contributed by atoms with Crippen LogP contribution in [0.4, 0.5) is 4.39 Å². The lowest BCUT2D eigenvalue weighted by atomic mass is 9.80. The van der Waals surface area contributed by atoms with Crippen LogP contribution in [0.15, 0.2) is 29.2 Å². The van der Waals surface area contributed by atoms with Gasteiger partial charge in [0, 0.05) is 13.2 Å². The first-order valence-electron chi connectivity index (χ1n) is 6.89. The van der Waals surface area contributed by atoms with Gasteiger partial charge in [-0.05, 0) is 48.9 Å². The summed E-state index contributed by atoms with van der Waals surface area (Å²) in [6.07, 6.45) is 4.03. The summed E-state index contributed by atoms with van der Waals surface area (Å²) >= 11 is 0. The predicted octanol–water partition coefficient (Wildman–Crippen LogP) is 1.90. The highest BCUT2D eigenvalue weighted by atomic mass is 32.2. The molecule has 0 aromatic heterocycles. The molecule has 112 valence electrons. The lowest BCUT2D eigenvalue weighted by molar-refractivity contribution is 0.136. The van der Waals surface area contributed by atoms with Crippen molar-refractivity contribution in [1.82, 2.24) is 4.72 Å². The fourth-order valence-electron chi connectivity index (χ4n) is 2.71. The molecule has 0 heterocycles. The monoisotopic (exact) mass is 301 g/mol. The number of nitrogens with one attached hydrogen (secondary N) is 1. The Hall–Kier alpha value is -0.980. The van der Waals surface area contributed by atoms with E-state index in [0.29, 0.717) is 6.54 Å². The molecule has 0 saturated heterocycles. The van der Waals surface area contributed by atoms with Crippen LogP contribution in [0.5, 0.6) is 0 Å². The number of rotatable bonds is 5. The quantitative estimate of drug-likeness (QED) is 0.873. The summed E-state index contributed by atoms with van der Waals surface area (Å²) in [4.78, 5) is 0.0651. The van der Waals surface area contributed by atoms with Crippen LogP contribution in [-0.2, 0) is 10.0 Å². The third-order valence-corrected chi connectivity index (χ3v) is 5.40. The van der Waals surface area contributed by atoms with Crippen LogP contribution in [0.2, 0.25) is 0 Å². The van der Waals surface area contributed by atoms with Gasteiger partial charge in [0.25, 0.3) is 0 Å². The fourth-order valence-corrected chi connectivity index (χ4v) is 3.80. The summed E-state index contributed by atoms with van der Waals surface area (Å²) in [5.41, 5.74) is 0. The normalized spacial score (nSPS) is 23.7. The molecule has 1 aromatic rings. The molecular weight excluding hydrogens is 281 g/mol. The average Bonchev–Trinajstić information content (AvgIpc) is 2.46. The number of hydrogen-bond acceptors (Lipinski definition) is 3. The molecule has 1 saturated carbocycles. The first-order chi connectivity index (χ1) is 9.53. The van der Waals surface area contributed by atoms with Gasteiger partial charge in [-0.2, -0.15) is 0 Å². The smallest absolute Gasteiger partial charge is 0.240 e. The van der Waals surface area contributed by atoms with Crippen molar-refractivity contribution in [2.24, 2.45) is 11.8 Å². The van der Waals surface area contributed by atoms with Crippen molar-refractivity contribution in [2.45, 2.75) is 30.6 Å². The Balaban J connectivity index is 1.99. The average molecular weight is 301 g/mol. The molecule has 20 heavy (non-hydrogen) atoms. The maximum Gasteiger partial charge on any atom is 0.240 e. The third-order valence-electron chi connectivity index (χ3n) is 3.96. The van der Waals surface area contributed by atoms with E-state index in [1.165, 1.54) is 12.1 Å². The van der Waals surface area contributed by atoms with Gasteiger partial charge in [-0.15, -0.1) is 0 Å². The van der Waals surface area contributed by atoms with Crippen molar-refractivity contribution in [3.8, 4) is 0 Å². The second kappa shape index (κ2) is 6.65. The third kappa shape index (κ3) is 3.77. The zero-order chi connectivity index (χ0) is 14.6. The molecule has 2 N–H and O–H groups in total. The second-order valence-corrected chi connectivity index (χ2v) is 7.06. The maximum absolute atomic E-state index is 12.8. The summed E-state index contributed by atoms with van der Waals surface area (Å²) in [7, 11) is -3.61. The summed E-state index contributed by atoms with van der Waals surface area (Å²) < 4.78 is 39.5. The molecule has 1 aliphatic rings. The van der Waals surface area contributed by atoms with Gasteiger partial charge in [0.05, 0.1) is 4.90 Å². The number of halogens is 1. The molecule has 2 unspecified atom stereocenters. The van der Waals surface area contributed by atoms with Gasteiger partial charge >= 0.3 is 0 Å². The van der Waals surface area contributed by atoms with E-state index in [4.69, 9.17) is 0 Å². The van der Waals surface area contributed by atoms with Crippen LogP contribution < -0.4 is 4.72 Å². The van der Waals surface area contributed by atoms with Gasteiger partial charge in [0.15, 0.2) is 0 Å². The number of sulfonamides is 1. The molecule has 0 bridgehead atoms. The van der Waals surface area contributed by atoms with E-state index < -0.39 is 15.8 Å². The number of aliphatic hydroxyl groups is 1. The molecule has 0 radical (unpaired) electrons. The van der Waals surface area contributed by atoms with Crippen molar-refractivity contribution in [2.75, 3.05) is 13.2 Å². The summed E-state index contributed by atoms with van der Waals surface area (Å²) in [5, 5.41) is 9.32. The van der Waals surface area contributed by atoms with Crippen LogP contribution in [-0.4, -0.2) is 26.7 Å². The number of benzene rings is 1. The molecule has 1 aliphatic carbocycles.